The van der Waals surface area contributed by atoms with Crippen molar-refractivity contribution in [2.45, 2.75) is 18.9 Å². The van der Waals surface area contributed by atoms with Gasteiger partial charge < -0.3 is 19.7 Å². The van der Waals surface area contributed by atoms with Gasteiger partial charge in [0.1, 0.15) is 6.26 Å². The van der Waals surface area contributed by atoms with Crippen LogP contribution in [0, 0.1) is 0 Å². The standard InChI is InChI=1S/C17H18N2O4/c20-15-5-2-7-19(10-15)17(22)12-3-1-4-14(9-12)18-16(21)13-6-8-23-11-13/h1,3-4,6,8-9,11,15,20H,2,5,7,10H2,(H,18,21). The van der Waals surface area contributed by atoms with Crippen molar-refractivity contribution in [3.63, 3.8) is 0 Å². The van der Waals surface area contributed by atoms with Crippen molar-refractivity contribution in [3.8, 4) is 0 Å². The van der Waals surface area contributed by atoms with Crippen LogP contribution in [0.5, 0.6) is 0 Å². The van der Waals surface area contributed by atoms with Crippen molar-refractivity contribution in [1.29, 1.82) is 0 Å². The Hall–Kier alpha value is -2.60. The van der Waals surface area contributed by atoms with Crippen LogP contribution in [0.25, 0.3) is 0 Å². The SMILES string of the molecule is O=C(Nc1cccc(C(=O)N2CCCC(O)C2)c1)c1ccoc1. The lowest BCUT2D eigenvalue weighted by molar-refractivity contribution is 0.0474. The van der Waals surface area contributed by atoms with Gasteiger partial charge in [0.15, 0.2) is 0 Å². The average molecular weight is 314 g/mol. The fourth-order valence-corrected chi connectivity index (χ4v) is 2.65. The van der Waals surface area contributed by atoms with Crippen molar-refractivity contribution in [1.82, 2.24) is 4.90 Å². The highest BCUT2D eigenvalue weighted by molar-refractivity contribution is 6.04. The molecule has 0 spiro atoms. The third-order valence-corrected chi connectivity index (χ3v) is 3.83. The summed E-state index contributed by atoms with van der Waals surface area (Å²) in [6, 6.07) is 8.36. The van der Waals surface area contributed by atoms with Gasteiger partial charge in [-0.15, -0.1) is 0 Å². The van der Waals surface area contributed by atoms with Crippen molar-refractivity contribution in [2.24, 2.45) is 0 Å². The summed E-state index contributed by atoms with van der Waals surface area (Å²) in [7, 11) is 0. The number of nitrogens with zero attached hydrogens (tertiary/aromatic N) is 1. The molecule has 2 N–H and O–H groups in total. The van der Waals surface area contributed by atoms with Gasteiger partial charge in [-0.05, 0) is 37.1 Å². The Kier molecular flexibility index (Phi) is 4.43. The molecule has 0 saturated carbocycles. The van der Waals surface area contributed by atoms with Gasteiger partial charge in [-0.3, -0.25) is 9.59 Å². The summed E-state index contributed by atoms with van der Waals surface area (Å²) in [4.78, 5) is 26.1. The van der Waals surface area contributed by atoms with E-state index < -0.39 is 6.10 Å². The number of hydrogen-bond acceptors (Lipinski definition) is 4. The largest absolute Gasteiger partial charge is 0.472 e. The van der Waals surface area contributed by atoms with Crippen LogP contribution in [0.3, 0.4) is 0 Å². The molecule has 1 saturated heterocycles. The molecular weight excluding hydrogens is 296 g/mol. The molecule has 1 aliphatic rings. The summed E-state index contributed by atoms with van der Waals surface area (Å²) in [5.74, 6) is -0.431. The number of carbonyl (C=O) groups excluding carboxylic acids is 2. The smallest absolute Gasteiger partial charge is 0.258 e. The zero-order valence-corrected chi connectivity index (χ0v) is 12.6. The lowest BCUT2D eigenvalue weighted by Gasteiger charge is -2.30. The predicted molar refractivity (Wildman–Crippen MR) is 84.2 cm³/mol. The molecule has 2 aromatic rings. The van der Waals surface area contributed by atoms with Gasteiger partial charge in [0, 0.05) is 24.3 Å². The number of amides is 2. The normalized spacial score (nSPS) is 17.8. The monoisotopic (exact) mass is 314 g/mol. The van der Waals surface area contributed by atoms with E-state index in [-0.39, 0.29) is 11.8 Å². The molecule has 1 atom stereocenters. The molecule has 1 unspecified atom stereocenters. The van der Waals surface area contributed by atoms with Gasteiger partial charge in [0.25, 0.3) is 11.8 Å². The average Bonchev–Trinajstić information content (AvgIpc) is 3.09. The van der Waals surface area contributed by atoms with Crippen molar-refractivity contribution in [2.75, 3.05) is 18.4 Å². The molecule has 23 heavy (non-hydrogen) atoms. The molecule has 0 bridgehead atoms. The maximum atomic E-state index is 12.5. The van der Waals surface area contributed by atoms with Gasteiger partial charge >= 0.3 is 0 Å². The molecule has 1 aromatic heterocycles. The summed E-state index contributed by atoms with van der Waals surface area (Å²) >= 11 is 0. The molecule has 6 nitrogen and oxygen atoms in total. The van der Waals surface area contributed by atoms with E-state index in [0.717, 1.165) is 12.8 Å². The van der Waals surface area contributed by atoms with Crippen LogP contribution in [0.1, 0.15) is 33.6 Å². The minimum Gasteiger partial charge on any atom is -0.472 e. The fraction of sp³-hybridized carbons (Fsp3) is 0.294. The van der Waals surface area contributed by atoms with Crippen LogP contribution >= 0.6 is 0 Å². The number of benzene rings is 1. The van der Waals surface area contributed by atoms with E-state index in [0.29, 0.717) is 29.9 Å². The summed E-state index contributed by atoms with van der Waals surface area (Å²) in [6.07, 6.45) is 3.85. The minimum absolute atomic E-state index is 0.136. The van der Waals surface area contributed by atoms with Crippen LogP contribution in [0.15, 0.2) is 47.3 Å². The van der Waals surface area contributed by atoms with E-state index in [1.165, 1.54) is 12.5 Å². The first kappa shape index (κ1) is 15.3. The van der Waals surface area contributed by atoms with Gasteiger partial charge in [0.05, 0.1) is 17.9 Å². The molecule has 2 amide bonds. The first-order valence-corrected chi connectivity index (χ1v) is 7.54. The highest BCUT2D eigenvalue weighted by atomic mass is 16.3. The highest BCUT2D eigenvalue weighted by Crippen LogP contribution is 2.17. The van der Waals surface area contributed by atoms with Crippen molar-refractivity contribution >= 4 is 17.5 Å². The van der Waals surface area contributed by atoms with E-state index >= 15 is 0 Å². The minimum atomic E-state index is -0.461. The third kappa shape index (κ3) is 3.60. The van der Waals surface area contributed by atoms with E-state index in [4.69, 9.17) is 4.42 Å². The van der Waals surface area contributed by atoms with Gasteiger partial charge in [-0.25, -0.2) is 0 Å². The van der Waals surface area contributed by atoms with Crippen LogP contribution in [-0.2, 0) is 0 Å². The fourth-order valence-electron chi connectivity index (χ4n) is 2.65. The number of carbonyl (C=O) groups is 2. The van der Waals surface area contributed by atoms with Gasteiger partial charge in [-0.2, -0.15) is 0 Å². The first-order valence-electron chi connectivity index (χ1n) is 7.54. The molecule has 1 fully saturated rings. The third-order valence-electron chi connectivity index (χ3n) is 3.83. The van der Waals surface area contributed by atoms with Gasteiger partial charge in [0.2, 0.25) is 0 Å². The predicted octanol–water partition coefficient (Wildman–Crippen LogP) is 2.13. The van der Waals surface area contributed by atoms with E-state index in [1.807, 2.05) is 0 Å². The molecule has 6 heteroatoms. The lowest BCUT2D eigenvalue weighted by Crippen LogP contribution is -2.42. The number of hydrogen-bond donors (Lipinski definition) is 2. The Morgan fingerprint density at radius 3 is 2.87 bits per heavy atom. The van der Waals surface area contributed by atoms with Crippen LogP contribution in [0.2, 0.25) is 0 Å². The number of aliphatic hydroxyl groups is 1. The quantitative estimate of drug-likeness (QED) is 0.909. The topological polar surface area (TPSA) is 82.8 Å². The van der Waals surface area contributed by atoms with E-state index in [1.54, 1.807) is 35.2 Å². The second kappa shape index (κ2) is 6.66. The highest BCUT2D eigenvalue weighted by Gasteiger charge is 2.23. The van der Waals surface area contributed by atoms with Crippen LogP contribution in [-0.4, -0.2) is 41.0 Å². The van der Waals surface area contributed by atoms with Crippen molar-refractivity contribution in [3.05, 3.63) is 54.0 Å². The number of piperidine rings is 1. The number of nitrogens with one attached hydrogen (secondary N) is 1. The first-order chi connectivity index (χ1) is 11.1. The number of furan rings is 1. The zero-order valence-electron chi connectivity index (χ0n) is 12.6. The number of rotatable bonds is 3. The number of β-amino-alcohol motifs (C(OH)–C–C–N with tert-alkyl or cyclic N) is 1. The lowest BCUT2D eigenvalue weighted by atomic mass is 10.1. The number of aliphatic hydroxyl groups excluding tert-OH is 1. The molecule has 3 rings (SSSR count). The Bertz CT molecular complexity index is 696. The Morgan fingerprint density at radius 1 is 1.26 bits per heavy atom. The molecule has 1 aromatic carbocycles. The Labute approximate surface area is 133 Å². The van der Waals surface area contributed by atoms with Crippen LogP contribution < -0.4 is 5.32 Å². The second-order valence-electron chi connectivity index (χ2n) is 5.59. The Morgan fingerprint density at radius 2 is 2.13 bits per heavy atom. The maximum absolute atomic E-state index is 12.5. The summed E-state index contributed by atoms with van der Waals surface area (Å²) < 4.78 is 4.88. The van der Waals surface area contributed by atoms with Gasteiger partial charge in [-0.1, -0.05) is 6.07 Å². The molecule has 2 heterocycles. The second-order valence-corrected chi connectivity index (χ2v) is 5.59. The van der Waals surface area contributed by atoms with E-state index in [2.05, 4.69) is 5.32 Å². The number of likely N-dealkylation sites (tertiary alicyclic amines) is 1. The zero-order chi connectivity index (χ0) is 16.2. The summed E-state index contributed by atoms with van der Waals surface area (Å²) in [6.45, 7) is 0.992. The molecule has 120 valence electrons. The van der Waals surface area contributed by atoms with Crippen LogP contribution in [0.4, 0.5) is 5.69 Å². The van der Waals surface area contributed by atoms with E-state index in [9.17, 15) is 14.7 Å². The molecule has 0 radical (unpaired) electrons. The molecular formula is C17H18N2O4. The molecule has 1 aliphatic heterocycles. The molecule has 0 aliphatic carbocycles. The van der Waals surface area contributed by atoms with Crippen molar-refractivity contribution < 1.29 is 19.1 Å². The summed E-state index contributed by atoms with van der Waals surface area (Å²) in [5.41, 5.74) is 1.45. The summed E-state index contributed by atoms with van der Waals surface area (Å²) in [5, 5.41) is 12.4. The number of anilines is 1. The Balaban J connectivity index is 1.72. The maximum Gasteiger partial charge on any atom is 0.258 e.